The number of Topliss-reactive ketones (excluding diaryl/α,β-unsaturated/α-hetero) is 1. The molecule has 2 fully saturated rings. The molecule has 0 aromatic heterocycles. The molecule has 5 rings (SSSR count). The van der Waals surface area contributed by atoms with Gasteiger partial charge < -0.3 is 0 Å². The molecule has 0 amide bonds. The molecule has 0 saturated heterocycles. The summed E-state index contributed by atoms with van der Waals surface area (Å²) in [5, 5.41) is 0. The molecule has 28 heavy (non-hydrogen) atoms. The van der Waals surface area contributed by atoms with Gasteiger partial charge in [-0.05, 0) is 69.5 Å². The van der Waals surface area contributed by atoms with Gasteiger partial charge in [0.15, 0.2) is 0 Å². The zero-order chi connectivity index (χ0) is 20.3. The molecule has 4 nitrogen and oxygen atoms in total. The number of halogens is 1. The Bertz CT molecular complexity index is 1070. The summed E-state index contributed by atoms with van der Waals surface area (Å²) in [7, 11) is -4.08. The molecule has 2 unspecified atom stereocenters. The van der Waals surface area contributed by atoms with Crippen molar-refractivity contribution < 1.29 is 17.8 Å². The zero-order valence-electron chi connectivity index (χ0n) is 15.9. The summed E-state index contributed by atoms with van der Waals surface area (Å²) in [6.45, 7) is 3.89. The quantitative estimate of drug-likeness (QED) is 0.380. The van der Waals surface area contributed by atoms with Crippen LogP contribution in [0, 0.1) is 20.3 Å². The summed E-state index contributed by atoms with van der Waals surface area (Å²) in [6, 6.07) is 15.1. The second-order valence-corrected chi connectivity index (χ2v) is 11.2. The van der Waals surface area contributed by atoms with Gasteiger partial charge in [0.1, 0.15) is 5.78 Å². The molecule has 1 N–H and O–H groups in total. The van der Waals surface area contributed by atoms with Crippen molar-refractivity contribution in [3.05, 3.63) is 46.0 Å². The van der Waals surface area contributed by atoms with E-state index in [9.17, 15) is 13.2 Å². The lowest BCUT2D eigenvalue weighted by molar-refractivity contribution is -0.128. The molecule has 0 spiro atoms. The molecule has 0 heterocycles. The van der Waals surface area contributed by atoms with E-state index < -0.39 is 21.3 Å². The van der Waals surface area contributed by atoms with E-state index in [0.29, 0.717) is 12.8 Å². The molecule has 2 saturated carbocycles. The summed E-state index contributed by atoms with van der Waals surface area (Å²) in [5.41, 5.74) is 4.52. The van der Waals surface area contributed by atoms with E-state index in [4.69, 9.17) is 4.55 Å². The monoisotopic (exact) mass is 510 g/mol. The summed E-state index contributed by atoms with van der Waals surface area (Å²) in [5.74, 6) is -0.101. The minimum atomic E-state index is -4.08. The van der Waals surface area contributed by atoms with Gasteiger partial charge in [0.05, 0.1) is 11.2 Å². The Labute approximate surface area is 179 Å². The van der Waals surface area contributed by atoms with E-state index >= 15 is 0 Å². The Balaban J connectivity index is 0.000000138. The maximum absolute atomic E-state index is 11.9. The van der Waals surface area contributed by atoms with Crippen LogP contribution in [0.1, 0.15) is 33.1 Å². The first kappa shape index (κ1) is 20.0. The van der Waals surface area contributed by atoms with Crippen LogP contribution in [-0.2, 0) is 14.9 Å². The summed E-state index contributed by atoms with van der Waals surface area (Å²) in [6.07, 6.45) is 1.97. The molecule has 6 heteroatoms. The largest absolute Gasteiger partial charge is 0.299 e. The van der Waals surface area contributed by atoms with E-state index in [1.165, 1.54) is 25.8 Å². The van der Waals surface area contributed by atoms with Crippen molar-refractivity contribution in [1.29, 1.82) is 0 Å². The van der Waals surface area contributed by atoms with Gasteiger partial charge in [0.2, 0.25) is 0 Å². The zero-order valence-corrected chi connectivity index (χ0v) is 18.9. The van der Waals surface area contributed by atoms with Crippen molar-refractivity contribution >= 4 is 38.5 Å². The highest BCUT2D eigenvalue weighted by Gasteiger charge is 2.65. The van der Waals surface area contributed by atoms with Gasteiger partial charge in [-0.1, -0.05) is 50.2 Å². The van der Waals surface area contributed by atoms with Crippen LogP contribution in [0.5, 0.6) is 0 Å². The van der Waals surface area contributed by atoms with E-state index in [1.807, 2.05) is 13.8 Å². The minimum absolute atomic E-state index is 0.0152. The minimum Gasteiger partial charge on any atom is -0.299 e. The van der Waals surface area contributed by atoms with Crippen LogP contribution in [0.2, 0.25) is 0 Å². The van der Waals surface area contributed by atoms with Gasteiger partial charge in [0.25, 0.3) is 10.1 Å². The van der Waals surface area contributed by atoms with E-state index in [0.717, 1.165) is 6.42 Å². The topological polar surface area (TPSA) is 71.4 Å². The Morgan fingerprint density at radius 2 is 1.71 bits per heavy atom. The third kappa shape index (κ3) is 2.95. The normalized spacial score (nSPS) is 26.0. The number of benzene rings is 2. The van der Waals surface area contributed by atoms with Crippen molar-refractivity contribution in [3.8, 4) is 22.3 Å². The van der Waals surface area contributed by atoms with Crippen molar-refractivity contribution in [3.63, 3.8) is 0 Å². The number of hydrogen-bond donors (Lipinski definition) is 1. The summed E-state index contributed by atoms with van der Waals surface area (Å²) >= 11 is 2.40. The Morgan fingerprint density at radius 3 is 2.29 bits per heavy atom. The lowest BCUT2D eigenvalue weighted by Crippen LogP contribution is -2.42. The van der Waals surface area contributed by atoms with Gasteiger partial charge >= 0.3 is 0 Å². The van der Waals surface area contributed by atoms with Gasteiger partial charge in [0, 0.05) is 15.6 Å². The molecule has 0 aliphatic heterocycles. The Kier molecular flexibility index (Phi) is 4.75. The summed E-state index contributed by atoms with van der Waals surface area (Å²) < 4.78 is 32.3. The van der Waals surface area contributed by atoms with Crippen molar-refractivity contribution in [1.82, 2.24) is 0 Å². The highest BCUT2D eigenvalue weighted by atomic mass is 127. The number of fused-ring (bicyclic) bond motifs is 6. The molecule has 148 valence electrons. The molecule has 3 aliphatic carbocycles. The van der Waals surface area contributed by atoms with Crippen LogP contribution in [0.3, 0.4) is 0 Å². The fourth-order valence-corrected chi connectivity index (χ4v) is 7.40. The van der Waals surface area contributed by atoms with Gasteiger partial charge in [-0.15, -0.1) is 0 Å². The lowest BCUT2D eigenvalue weighted by Gasteiger charge is -2.35. The first-order valence-electron chi connectivity index (χ1n) is 9.43. The number of hydrogen-bond acceptors (Lipinski definition) is 3. The SMILES string of the molecule is CC1(C)C2CCC1(CS(=O)(=O)O)C(=O)C2.Ic1cccc2c1-c1ccccc1-2. The van der Waals surface area contributed by atoms with Crippen molar-refractivity contribution in [2.45, 2.75) is 33.1 Å². The van der Waals surface area contributed by atoms with E-state index in [-0.39, 0.29) is 17.1 Å². The molecule has 0 radical (unpaired) electrons. The van der Waals surface area contributed by atoms with Crippen LogP contribution in [0.4, 0.5) is 0 Å². The third-order valence-electron chi connectivity index (χ3n) is 7.07. The predicted octanol–water partition coefficient (Wildman–Crippen LogP) is 5.21. The number of ketones is 1. The smallest absolute Gasteiger partial charge is 0.265 e. The Hall–Kier alpha value is -1.25. The Morgan fingerprint density at radius 1 is 1.07 bits per heavy atom. The molecular weight excluding hydrogens is 487 g/mol. The molecule has 2 aromatic carbocycles. The molecule has 3 aliphatic rings. The molecular formula is C22H23IO4S. The first-order valence-corrected chi connectivity index (χ1v) is 12.1. The van der Waals surface area contributed by atoms with E-state index in [1.54, 1.807) is 0 Å². The lowest BCUT2D eigenvalue weighted by atomic mass is 9.70. The maximum Gasteiger partial charge on any atom is 0.265 e. The average molecular weight is 510 g/mol. The fourth-order valence-electron chi connectivity index (χ4n) is 5.32. The highest BCUT2D eigenvalue weighted by molar-refractivity contribution is 14.1. The number of carbonyl (C=O) groups is 1. The van der Waals surface area contributed by atoms with Crippen molar-refractivity contribution in [2.24, 2.45) is 16.7 Å². The summed E-state index contributed by atoms with van der Waals surface area (Å²) in [4.78, 5) is 11.9. The molecule has 2 atom stereocenters. The average Bonchev–Trinajstić information content (AvgIpc) is 2.93. The second-order valence-electron chi connectivity index (χ2n) is 8.60. The number of rotatable bonds is 2. The third-order valence-corrected chi connectivity index (χ3v) is 8.82. The predicted molar refractivity (Wildman–Crippen MR) is 119 cm³/mol. The number of carbonyl (C=O) groups excluding carboxylic acids is 1. The second kappa shape index (κ2) is 6.64. The van der Waals surface area contributed by atoms with Gasteiger partial charge in [-0.3, -0.25) is 9.35 Å². The standard InChI is InChI=1S/C12H7I.C10H16O4S/c13-11-7-3-6-10-8-4-1-2-5-9(8)12(10)11;1-9(2)7-3-4-10(9,8(11)5-7)6-15(12,13)14/h1-7H;7H,3-6H2,1-2H3,(H,12,13,14). The van der Waals surface area contributed by atoms with Crippen LogP contribution in [-0.4, -0.2) is 24.5 Å². The molecule has 2 bridgehead atoms. The first-order chi connectivity index (χ1) is 13.1. The van der Waals surface area contributed by atoms with Crippen molar-refractivity contribution in [2.75, 3.05) is 5.75 Å². The van der Waals surface area contributed by atoms with Crippen LogP contribution < -0.4 is 0 Å². The van der Waals surface area contributed by atoms with Crippen LogP contribution in [0.25, 0.3) is 22.3 Å². The highest BCUT2D eigenvalue weighted by Crippen LogP contribution is 2.64. The maximum atomic E-state index is 11.9. The fraction of sp³-hybridized carbons (Fsp3) is 0.409. The van der Waals surface area contributed by atoms with Gasteiger partial charge in [-0.2, -0.15) is 8.42 Å². The van der Waals surface area contributed by atoms with E-state index in [2.05, 4.69) is 65.1 Å². The molecule has 2 aromatic rings. The van der Waals surface area contributed by atoms with Crippen LogP contribution in [0.15, 0.2) is 42.5 Å². The van der Waals surface area contributed by atoms with Crippen LogP contribution >= 0.6 is 22.6 Å². The van der Waals surface area contributed by atoms with Gasteiger partial charge in [-0.25, -0.2) is 0 Å².